The summed E-state index contributed by atoms with van der Waals surface area (Å²) in [5, 5.41) is 0. The number of para-hydroxylation sites is 2. The number of anilines is 1. The van der Waals surface area contributed by atoms with Gasteiger partial charge in [0.2, 0.25) is 0 Å². The molecule has 0 amide bonds. The minimum absolute atomic E-state index is 0.473. The Labute approximate surface area is 107 Å². The number of aromatic nitrogens is 1. The zero-order valence-corrected chi connectivity index (χ0v) is 10.7. The van der Waals surface area contributed by atoms with Crippen molar-refractivity contribution in [3.05, 3.63) is 24.3 Å². The van der Waals surface area contributed by atoms with Crippen LogP contribution in [0.15, 0.2) is 28.7 Å². The first-order valence-electron chi connectivity index (χ1n) is 6.60. The van der Waals surface area contributed by atoms with Crippen LogP contribution >= 0.6 is 0 Å². The van der Waals surface area contributed by atoms with Crippen molar-refractivity contribution >= 4 is 17.1 Å². The van der Waals surface area contributed by atoms with Crippen molar-refractivity contribution in [2.75, 3.05) is 18.0 Å². The van der Waals surface area contributed by atoms with Gasteiger partial charge >= 0.3 is 0 Å². The summed E-state index contributed by atoms with van der Waals surface area (Å²) in [7, 11) is 0. The van der Waals surface area contributed by atoms with Crippen molar-refractivity contribution in [1.29, 1.82) is 0 Å². The van der Waals surface area contributed by atoms with Gasteiger partial charge in [0.05, 0.1) is 0 Å². The van der Waals surface area contributed by atoms with Gasteiger partial charge in [-0.1, -0.05) is 12.1 Å². The van der Waals surface area contributed by atoms with Gasteiger partial charge in [0.1, 0.15) is 5.52 Å². The lowest BCUT2D eigenvalue weighted by atomic mass is 9.94. The van der Waals surface area contributed by atoms with Crippen molar-refractivity contribution in [1.82, 2.24) is 4.98 Å². The molecule has 1 aliphatic heterocycles. The van der Waals surface area contributed by atoms with Crippen molar-refractivity contribution in [3.8, 4) is 0 Å². The van der Waals surface area contributed by atoms with Gasteiger partial charge in [0, 0.05) is 12.6 Å². The molecule has 96 valence electrons. The van der Waals surface area contributed by atoms with Gasteiger partial charge in [-0.05, 0) is 44.4 Å². The molecule has 4 nitrogen and oxygen atoms in total. The van der Waals surface area contributed by atoms with Crippen LogP contribution in [0.4, 0.5) is 6.01 Å². The van der Waals surface area contributed by atoms with Crippen molar-refractivity contribution < 1.29 is 4.42 Å². The predicted octanol–water partition coefficient (Wildman–Crippen LogP) is 2.39. The number of piperidine rings is 1. The third-order valence-corrected chi connectivity index (χ3v) is 3.84. The van der Waals surface area contributed by atoms with Crippen LogP contribution < -0.4 is 10.6 Å². The summed E-state index contributed by atoms with van der Waals surface area (Å²) in [4.78, 5) is 6.83. The molecular formula is C14H19N3O. The van der Waals surface area contributed by atoms with Gasteiger partial charge in [-0.2, -0.15) is 4.98 Å². The Kier molecular flexibility index (Phi) is 2.96. The van der Waals surface area contributed by atoms with Crippen LogP contribution in [-0.2, 0) is 0 Å². The standard InChI is InChI=1S/C14H19N3O/c1-10-6-7-11(8-15)9-17(10)14-16-12-4-2-3-5-13(12)18-14/h2-5,10-11H,6-9,15H2,1H3. The topological polar surface area (TPSA) is 55.3 Å². The molecule has 1 fully saturated rings. The van der Waals surface area contributed by atoms with Crippen molar-refractivity contribution in [2.45, 2.75) is 25.8 Å². The maximum Gasteiger partial charge on any atom is 0.298 e. The van der Waals surface area contributed by atoms with Crippen LogP contribution in [0.5, 0.6) is 0 Å². The van der Waals surface area contributed by atoms with E-state index in [1.165, 1.54) is 6.42 Å². The molecule has 2 N–H and O–H groups in total. The van der Waals surface area contributed by atoms with Crippen LogP contribution in [0.1, 0.15) is 19.8 Å². The minimum Gasteiger partial charge on any atom is -0.423 e. The Bertz CT molecular complexity index is 504. The molecule has 2 heterocycles. The van der Waals surface area contributed by atoms with Crippen LogP contribution in [0.25, 0.3) is 11.1 Å². The molecule has 2 unspecified atom stereocenters. The maximum atomic E-state index is 5.84. The second kappa shape index (κ2) is 4.61. The van der Waals surface area contributed by atoms with Crippen LogP contribution in [0.2, 0.25) is 0 Å². The van der Waals surface area contributed by atoms with Gasteiger partial charge in [-0.3, -0.25) is 0 Å². The Morgan fingerprint density at radius 1 is 1.39 bits per heavy atom. The normalized spacial score (nSPS) is 24.7. The summed E-state index contributed by atoms with van der Waals surface area (Å²) in [5.74, 6) is 0.552. The summed E-state index contributed by atoms with van der Waals surface area (Å²) < 4.78 is 5.84. The van der Waals surface area contributed by atoms with Gasteiger partial charge in [-0.25, -0.2) is 0 Å². The zero-order valence-electron chi connectivity index (χ0n) is 10.7. The molecule has 18 heavy (non-hydrogen) atoms. The second-order valence-corrected chi connectivity index (χ2v) is 5.14. The van der Waals surface area contributed by atoms with Crippen molar-refractivity contribution in [2.24, 2.45) is 11.7 Å². The number of benzene rings is 1. The van der Waals surface area contributed by atoms with E-state index < -0.39 is 0 Å². The zero-order chi connectivity index (χ0) is 12.5. The Hall–Kier alpha value is -1.55. The second-order valence-electron chi connectivity index (χ2n) is 5.14. The van der Waals surface area contributed by atoms with Crippen LogP contribution in [0.3, 0.4) is 0 Å². The van der Waals surface area contributed by atoms with Crippen molar-refractivity contribution in [3.63, 3.8) is 0 Å². The molecule has 2 atom stereocenters. The highest BCUT2D eigenvalue weighted by Gasteiger charge is 2.27. The van der Waals surface area contributed by atoms with E-state index in [9.17, 15) is 0 Å². The fraction of sp³-hybridized carbons (Fsp3) is 0.500. The van der Waals surface area contributed by atoms with E-state index in [1.807, 2.05) is 24.3 Å². The van der Waals surface area contributed by atoms with Gasteiger partial charge in [0.25, 0.3) is 6.01 Å². The molecule has 1 saturated heterocycles. The highest BCUT2D eigenvalue weighted by atomic mass is 16.4. The molecule has 0 spiro atoms. The number of hydrogen-bond donors (Lipinski definition) is 1. The predicted molar refractivity (Wildman–Crippen MR) is 72.6 cm³/mol. The lowest BCUT2D eigenvalue weighted by molar-refractivity contribution is 0.355. The molecule has 1 aliphatic rings. The van der Waals surface area contributed by atoms with Gasteiger partial charge in [-0.15, -0.1) is 0 Å². The summed E-state index contributed by atoms with van der Waals surface area (Å²) in [6.07, 6.45) is 2.36. The SMILES string of the molecule is CC1CCC(CN)CN1c1nc2ccccc2o1. The van der Waals surface area contributed by atoms with Crippen LogP contribution in [0, 0.1) is 5.92 Å². The molecule has 0 saturated carbocycles. The molecule has 0 aliphatic carbocycles. The third kappa shape index (κ3) is 1.97. The average Bonchev–Trinajstić information content (AvgIpc) is 2.82. The number of hydrogen-bond acceptors (Lipinski definition) is 4. The van der Waals surface area contributed by atoms with Gasteiger partial charge in [0.15, 0.2) is 5.58 Å². The minimum atomic E-state index is 0.473. The first-order chi connectivity index (χ1) is 8.78. The average molecular weight is 245 g/mol. The molecule has 4 heteroatoms. The van der Waals surface area contributed by atoms with E-state index in [-0.39, 0.29) is 0 Å². The highest BCUT2D eigenvalue weighted by Crippen LogP contribution is 2.29. The van der Waals surface area contributed by atoms with E-state index in [0.29, 0.717) is 12.0 Å². The fourth-order valence-electron chi connectivity index (χ4n) is 2.62. The van der Waals surface area contributed by atoms with E-state index in [2.05, 4.69) is 16.8 Å². The quantitative estimate of drug-likeness (QED) is 0.882. The number of oxazole rings is 1. The molecule has 0 bridgehead atoms. The lowest BCUT2D eigenvalue weighted by Gasteiger charge is -2.36. The number of nitrogens with zero attached hydrogens (tertiary/aromatic N) is 2. The van der Waals surface area contributed by atoms with E-state index in [1.54, 1.807) is 0 Å². The number of fused-ring (bicyclic) bond motifs is 1. The number of nitrogens with two attached hydrogens (primary N) is 1. The first-order valence-corrected chi connectivity index (χ1v) is 6.60. The molecule has 2 aromatic rings. The first kappa shape index (κ1) is 11.5. The lowest BCUT2D eigenvalue weighted by Crippen LogP contribution is -2.44. The Balaban J connectivity index is 1.92. The summed E-state index contributed by atoms with van der Waals surface area (Å²) in [5.41, 5.74) is 7.57. The summed E-state index contributed by atoms with van der Waals surface area (Å²) >= 11 is 0. The van der Waals surface area contributed by atoms with E-state index >= 15 is 0 Å². The molecule has 1 aromatic carbocycles. The molecule has 1 aromatic heterocycles. The summed E-state index contributed by atoms with van der Waals surface area (Å²) in [6.45, 7) is 3.91. The maximum absolute atomic E-state index is 5.84. The Morgan fingerprint density at radius 3 is 3.00 bits per heavy atom. The molecule has 0 radical (unpaired) electrons. The smallest absolute Gasteiger partial charge is 0.298 e. The highest BCUT2D eigenvalue weighted by molar-refractivity contribution is 5.74. The molecule has 3 rings (SSSR count). The summed E-state index contributed by atoms with van der Waals surface area (Å²) in [6, 6.07) is 9.11. The number of rotatable bonds is 2. The largest absolute Gasteiger partial charge is 0.423 e. The Morgan fingerprint density at radius 2 is 2.22 bits per heavy atom. The fourth-order valence-corrected chi connectivity index (χ4v) is 2.62. The van der Waals surface area contributed by atoms with Crippen LogP contribution in [-0.4, -0.2) is 24.1 Å². The molecular weight excluding hydrogens is 226 g/mol. The van der Waals surface area contributed by atoms with E-state index in [0.717, 1.165) is 36.6 Å². The third-order valence-electron chi connectivity index (χ3n) is 3.84. The monoisotopic (exact) mass is 245 g/mol. The van der Waals surface area contributed by atoms with E-state index in [4.69, 9.17) is 10.2 Å². The van der Waals surface area contributed by atoms with Gasteiger partial charge < -0.3 is 15.1 Å².